The molecule has 110 valence electrons. The van der Waals surface area contributed by atoms with Crippen LogP contribution in [0.2, 0.25) is 0 Å². The summed E-state index contributed by atoms with van der Waals surface area (Å²) in [5, 5.41) is 3.85. The first-order valence-electron chi connectivity index (χ1n) is 7.21. The van der Waals surface area contributed by atoms with Crippen molar-refractivity contribution < 1.29 is 9.32 Å². The van der Waals surface area contributed by atoms with Crippen LogP contribution in [0.3, 0.4) is 0 Å². The van der Waals surface area contributed by atoms with Crippen LogP contribution in [0.15, 0.2) is 22.9 Å². The fourth-order valence-corrected chi connectivity index (χ4v) is 2.56. The lowest BCUT2D eigenvalue weighted by atomic mass is 10.1. The lowest BCUT2D eigenvalue weighted by Crippen LogP contribution is -2.28. The largest absolute Gasteiger partial charge is 0.361 e. The van der Waals surface area contributed by atoms with Crippen LogP contribution >= 0.6 is 0 Å². The maximum atomic E-state index is 12.4. The summed E-state index contributed by atoms with van der Waals surface area (Å²) in [5.74, 6) is 1.68. The molecule has 1 amide bonds. The summed E-state index contributed by atoms with van der Waals surface area (Å²) in [6.07, 6.45) is 3.39. The highest BCUT2D eigenvalue weighted by atomic mass is 16.5. The highest BCUT2D eigenvalue weighted by molar-refractivity contribution is 5.92. The Hall–Kier alpha value is -2.24. The van der Waals surface area contributed by atoms with Gasteiger partial charge in [-0.2, -0.15) is 0 Å². The van der Waals surface area contributed by atoms with Crippen LogP contribution in [0.5, 0.6) is 0 Å². The summed E-state index contributed by atoms with van der Waals surface area (Å²) in [4.78, 5) is 23.0. The Kier molecular flexibility index (Phi) is 3.68. The number of likely N-dealkylation sites (tertiary alicyclic amines) is 1. The van der Waals surface area contributed by atoms with Gasteiger partial charge in [-0.05, 0) is 19.4 Å². The van der Waals surface area contributed by atoms with Crippen LogP contribution in [0.1, 0.15) is 47.0 Å². The minimum atomic E-state index is -0.0754. The number of aryl methyl sites for hydroxylation is 2. The summed E-state index contributed by atoms with van der Waals surface area (Å²) in [7, 11) is 0. The molecular weight excluding hydrogens is 268 g/mol. The molecule has 0 radical (unpaired) electrons. The second-order valence-corrected chi connectivity index (χ2v) is 5.33. The zero-order chi connectivity index (χ0) is 14.8. The van der Waals surface area contributed by atoms with Crippen molar-refractivity contribution in [1.29, 1.82) is 0 Å². The number of nitrogens with zero attached hydrogens (tertiary/aromatic N) is 4. The van der Waals surface area contributed by atoms with E-state index < -0.39 is 0 Å². The van der Waals surface area contributed by atoms with E-state index in [0.717, 1.165) is 30.1 Å². The molecule has 1 saturated heterocycles. The van der Waals surface area contributed by atoms with Gasteiger partial charge in [0.2, 0.25) is 0 Å². The van der Waals surface area contributed by atoms with Gasteiger partial charge in [0, 0.05) is 43.4 Å². The van der Waals surface area contributed by atoms with E-state index in [1.165, 1.54) is 0 Å². The Balaban J connectivity index is 1.70. The Morgan fingerprint density at radius 2 is 2.38 bits per heavy atom. The van der Waals surface area contributed by atoms with Crippen molar-refractivity contribution >= 4 is 5.91 Å². The molecule has 3 rings (SSSR count). The molecule has 1 unspecified atom stereocenters. The Bertz CT molecular complexity index is 653. The van der Waals surface area contributed by atoms with Crippen molar-refractivity contribution in [3.63, 3.8) is 0 Å². The van der Waals surface area contributed by atoms with Gasteiger partial charge < -0.3 is 9.42 Å². The number of rotatable bonds is 3. The summed E-state index contributed by atoms with van der Waals surface area (Å²) < 4.78 is 5.10. The molecule has 0 aliphatic carbocycles. The predicted octanol–water partition coefficient (Wildman–Crippen LogP) is 1.97. The number of aromatic nitrogens is 3. The van der Waals surface area contributed by atoms with E-state index in [-0.39, 0.29) is 11.8 Å². The third-order valence-corrected chi connectivity index (χ3v) is 3.78. The van der Waals surface area contributed by atoms with Gasteiger partial charge in [0.1, 0.15) is 11.6 Å². The quantitative estimate of drug-likeness (QED) is 0.862. The normalized spacial score (nSPS) is 18.2. The molecule has 0 N–H and O–H groups in total. The average molecular weight is 286 g/mol. The molecule has 21 heavy (non-hydrogen) atoms. The first-order chi connectivity index (χ1) is 10.2. The fourth-order valence-electron chi connectivity index (χ4n) is 2.56. The van der Waals surface area contributed by atoms with Crippen LogP contribution in [0, 0.1) is 6.92 Å². The van der Waals surface area contributed by atoms with Crippen LogP contribution in [0.4, 0.5) is 0 Å². The second kappa shape index (κ2) is 5.63. The molecule has 0 aromatic carbocycles. The molecular formula is C15H18N4O2. The maximum Gasteiger partial charge on any atom is 0.276 e. The van der Waals surface area contributed by atoms with E-state index in [1.54, 1.807) is 17.2 Å². The van der Waals surface area contributed by atoms with Gasteiger partial charge in [0.15, 0.2) is 5.69 Å². The van der Waals surface area contributed by atoms with Crippen molar-refractivity contribution in [2.24, 2.45) is 0 Å². The van der Waals surface area contributed by atoms with Gasteiger partial charge in [-0.3, -0.25) is 4.79 Å². The topological polar surface area (TPSA) is 72.1 Å². The predicted molar refractivity (Wildman–Crippen MR) is 75.9 cm³/mol. The number of amides is 1. The van der Waals surface area contributed by atoms with Crippen molar-refractivity contribution in [3.05, 3.63) is 41.3 Å². The molecule has 6 heteroatoms. The lowest BCUT2D eigenvalue weighted by molar-refractivity contribution is 0.0780. The monoisotopic (exact) mass is 286 g/mol. The summed E-state index contributed by atoms with van der Waals surface area (Å²) in [6, 6.07) is 3.60. The SMILES string of the molecule is CCc1cc(C(=O)N2CCC(c3nccc(C)n3)C2)no1. The van der Waals surface area contributed by atoms with Gasteiger partial charge in [0.25, 0.3) is 5.91 Å². The minimum Gasteiger partial charge on any atom is -0.361 e. The Morgan fingerprint density at radius 3 is 3.10 bits per heavy atom. The minimum absolute atomic E-state index is 0.0754. The molecule has 2 aromatic rings. The first-order valence-corrected chi connectivity index (χ1v) is 7.21. The molecule has 1 aliphatic heterocycles. The third kappa shape index (κ3) is 2.79. The van der Waals surface area contributed by atoms with Crippen LogP contribution in [-0.4, -0.2) is 39.0 Å². The molecule has 6 nitrogen and oxygen atoms in total. The first kappa shape index (κ1) is 13.7. The van der Waals surface area contributed by atoms with Gasteiger partial charge in [-0.1, -0.05) is 12.1 Å². The highest BCUT2D eigenvalue weighted by Crippen LogP contribution is 2.25. The van der Waals surface area contributed by atoms with Crippen molar-refractivity contribution in [1.82, 2.24) is 20.0 Å². The Labute approximate surface area is 123 Å². The summed E-state index contributed by atoms with van der Waals surface area (Å²) in [6.45, 7) is 5.26. The van der Waals surface area contributed by atoms with Gasteiger partial charge in [0.05, 0.1) is 0 Å². The van der Waals surface area contributed by atoms with E-state index in [1.807, 2.05) is 19.9 Å². The standard InChI is InChI=1S/C15H18N4O2/c1-3-12-8-13(18-21-12)15(20)19-7-5-11(9-19)14-16-6-4-10(2)17-14/h4,6,8,11H,3,5,7,9H2,1-2H3. The van der Waals surface area contributed by atoms with Crippen LogP contribution in [0.25, 0.3) is 0 Å². The Morgan fingerprint density at radius 1 is 1.52 bits per heavy atom. The van der Waals surface area contributed by atoms with Gasteiger partial charge >= 0.3 is 0 Å². The number of hydrogen-bond donors (Lipinski definition) is 0. The third-order valence-electron chi connectivity index (χ3n) is 3.78. The molecule has 0 saturated carbocycles. The van der Waals surface area contributed by atoms with Crippen molar-refractivity contribution in [3.8, 4) is 0 Å². The molecule has 1 aliphatic rings. The molecule has 2 aromatic heterocycles. The average Bonchev–Trinajstić information content (AvgIpc) is 3.16. The highest BCUT2D eigenvalue weighted by Gasteiger charge is 2.30. The van der Waals surface area contributed by atoms with E-state index in [2.05, 4.69) is 15.1 Å². The fraction of sp³-hybridized carbons (Fsp3) is 0.467. The van der Waals surface area contributed by atoms with E-state index >= 15 is 0 Å². The van der Waals surface area contributed by atoms with Gasteiger partial charge in [-0.15, -0.1) is 0 Å². The molecule has 0 spiro atoms. The van der Waals surface area contributed by atoms with E-state index in [0.29, 0.717) is 18.8 Å². The molecule has 1 fully saturated rings. The number of carbonyl (C=O) groups is 1. The summed E-state index contributed by atoms with van der Waals surface area (Å²) in [5.41, 5.74) is 1.34. The van der Waals surface area contributed by atoms with Crippen LogP contribution in [-0.2, 0) is 6.42 Å². The number of carbonyl (C=O) groups excluding carboxylic acids is 1. The molecule has 3 heterocycles. The maximum absolute atomic E-state index is 12.4. The van der Waals surface area contributed by atoms with Crippen LogP contribution < -0.4 is 0 Å². The van der Waals surface area contributed by atoms with Crippen molar-refractivity contribution in [2.45, 2.75) is 32.6 Å². The molecule has 0 bridgehead atoms. The zero-order valence-corrected chi connectivity index (χ0v) is 12.2. The summed E-state index contributed by atoms with van der Waals surface area (Å²) >= 11 is 0. The zero-order valence-electron chi connectivity index (χ0n) is 12.2. The number of hydrogen-bond acceptors (Lipinski definition) is 5. The second-order valence-electron chi connectivity index (χ2n) is 5.33. The smallest absolute Gasteiger partial charge is 0.276 e. The van der Waals surface area contributed by atoms with E-state index in [4.69, 9.17) is 4.52 Å². The lowest BCUT2D eigenvalue weighted by Gasteiger charge is -2.14. The van der Waals surface area contributed by atoms with Crippen molar-refractivity contribution in [2.75, 3.05) is 13.1 Å². The van der Waals surface area contributed by atoms with Gasteiger partial charge in [-0.25, -0.2) is 9.97 Å². The van der Waals surface area contributed by atoms with E-state index in [9.17, 15) is 4.79 Å². The molecule has 1 atom stereocenters.